The fraction of sp³-hybridized carbons (Fsp3) is 0.378. The molecule has 0 fully saturated rings. The Bertz CT molecular complexity index is 1580. The summed E-state index contributed by atoms with van der Waals surface area (Å²) in [7, 11) is 1.73. The second-order valence-corrected chi connectivity index (χ2v) is 13.3. The van der Waals surface area contributed by atoms with Crippen molar-refractivity contribution in [2.45, 2.75) is 90.0 Å². The van der Waals surface area contributed by atoms with Crippen LogP contribution in [0.5, 0.6) is 0 Å². The molecule has 1 atom stereocenters. The molecule has 2 nitrogen and oxygen atoms in total. The van der Waals surface area contributed by atoms with Crippen LogP contribution in [-0.2, 0) is 43.3 Å². The van der Waals surface area contributed by atoms with Gasteiger partial charge in [-0.25, -0.2) is 0 Å². The summed E-state index contributed by atoms with van der Waals surface area (Å²) in [5, 5.41) is 0. The van der Waals surface area contributed by atoms with Crippen LogP contribution < -0.4 is 0 Å². The van der Waals surface area contributed by atoms with Crippen molar-refractivity contribution in [1.82, 2.24) is 4.90 Å². The minimum Gasteiger partial charge on any atom is -0.502 e. The van der Waals surface area contributed by atoms with Crippen molar-refractivity contribution in [3.05, 3.63) is 160 Å². The molecule has 0 saturated heterocycles. The van der Waals surface area contributed by atoms with E-state index >= 15 is 0 Å². The number of fused-ring (bicyclic) bond motifs is 1. The molecule has 0 heterocycles. The molecule has 0 radical (unpaired) electrons. The Morgan fingerprint density at radius 3 is 2.15 bits per heavy atom. The molecule has 246 valence electrons. The second kappa shape index (κ2) is 17.9. The maximum absolute atomic E-state index is 5.35. The van der Waals surface area contributed by atoms with Crippen LogP contribution in [0.1, 0.15) is 96.0 Å². The molecule has 0 amide bonds. The van der Waals surface area contributed by atoms with E-state index in [-0.39, 0.29) is 0 Å². The number of benzene rings is 4. The maximum atomic E-state index is 5.35. The number of rotatable bonds is 18. The topological polar surface area (TPSA) is 12.5 Å². The van der Waals surface area contributed by atoms with Crippen LogP contribution in [0.4, 0.5) is 0 Å². The van der Waals surface area contributed by atoms with E-state index in [0.29, 0.717) is 6.04 Å². The van der Waals surface area contributed by atoms with E-state index in [1.165, 1.54) is 69.3 Å². The highest BCUT2D eigenvalue weighted by Gasteiger charge is 2.26. The Morgan fingerprint density at radius 2 is 1.40 bits per heavy atom. The minimum atomic E-state index is 0.471. The predicted molar refractivity (Wildman–Crippen MR) is 201 cm³/mol. The van der Waals surface area contributed by atoms with E-state index in [4.69, 9.17) is 4.74 Å². The van der Waals surface area contributed by atoms with Crippen molar-refractivity contribution in [3.8, 4) is 0 Å². The lowest BCUT2D eigenvalue weighted by Crippen LogP contribution is -2.34. The number of allylic oxidation sites excluding steroid dienone is 2. The highest BCUT2D eigenvalue weighted by atomic mass is 16.5. The predicted octanol–water partition coefficient (Wildman–Crippen LogP) is 10.9. The van der Waals surface area contributed by atoms with E-state index in [1.54, 1.807) is 7.11 Å². The molecule has 0 saturated carbocycles. The van der Waals surface area contributed by atoms with Crippen molar-refractivity contribution >= 4 is 5.57 Å². The molecule has 4 aromatic carbocycles. The molecule has 1 unspecified atom stereocenters. The number of ether oxygens (including phenoxy) is 1. The van der Waals surface area contributed by atoms with Crippen LogP contribution in [0.15, 0.2) is 116 Å². The van der Waals surface area contributed by atoms with Gasteiger partial charge in [-0.15, -0.1) is 0 Å². The SMILES string of the molecule is C=C(CCCCN(CCc1ccccc1CCc1cccc(CCc2ccccc2)c1)C1CCCc2cc(C(=C)CC)ccc21)OC. The average Bonchev–Trinajstić information content (AvgIpc) is 3.12. The number of hydrogen-bond donors (Lipinski definition) is 0. The zero-order chi connectivity index (χ0) is 32.8. The minimum absolute atomic E-state index is 0.471. The number of unbranched alkanes of at least 4 members (excludes halogenated alkanes) is 1. The molecule has 5 rings (SSSR count). The van der Waals surface area contributed by atoms with Crippen molar-refractivity contribution in [3.63, 3.8) is 0 Å². The van der Waals surface area contributed by atoms with Crippen LogP contribution >= 0.6 is 0 Å². The molecule has 1 aliphatic rings. The summed E-state index contributed by atoms with van der Waals surface area (Å²) in [6.07, 6.45) is 13.3. The largest absolute Gasteiger partial charge is 0.502 e. The van der Waals surface area contributed by atoms with Crippen LogP contribution in [0.3, 0.4) is 0 Å². The number of hydrogen-bond acceptors (Lipinski definition) is 2. The van der Waals surface area contributed by atoms with E-state index in [2.05, 4.69) is 122 Å². The summed E-state index contributed by atoms with van der Waals surface area (Å²) in [5.74, 6) is 0.888. The molecular formula is C45H55NO. The van der Waals surface area contributed by atoms with Crippen LogP contribution in [-0.4, -0.2) is 25.1 Å². The van der Waals surface area contributed by atoms with Crippen LogP contribution in [0.25, 0.3) is 5.57 Å². The fourth-order valence-electron chi connectivity index (χ4n) is 7.22. The van der Waals surface area contributed by atoms with Crippen LogP contribution in [0, 0.1) is 0 Å². The smallest absolute Gasteiger partial charge is 0.0883 e. The first kappa shape index (κ1) is 34.5. The highest BCUT2D eigenvalue weighted by Crippen LogP contribution is 2.36. The zero-order valence-electron chi connectivity index (χ0n) is 29.0. The van der Waals surface area contributed by atoms with Crippen molar-refractivity contribution in [1.29, 1.82) is 0 Å². The first-order chi connectivity index (χ1) is 23.0. The van der Waals surface area contributed by atoms with E-state index in [0.717, 1.165) is 76.6 Å². The van der Waals surface area contributed by atoms with Crippen molar-refractivity contribution in [2.24, 2.45) is 0 Å². The molecule has 0 aromatic heterocycles. The third-order valence-electron chi connectivity index (χ3n) is 10.1. The third-order valence-corrected chi connectivity index (χ3v) is 10.1. The van der Waals surface area contributed by atoms with Crippen LogP contribution in [0.2, 0.25) is 0 Å². The Balaban J connectivity index is 1.25. The van der Waals surface area contributed by atoms with Gasteiger partial charge in [0.05, 0.1) is 12.9 Å². The van der Waals surface area contributed by atoms with E-state index in [1.807, 2.05) is 0 Å². The molecule has 2 heteroatoms. The number of nitrogens with zero attached hydrogens (tertiary/aromatic N) is 1. The van der Waals surface area contributed by atoms with Gasteiger partial charge in [-0.3, -0.25) is 4.90 Å². The summed E-state index contributed by atoms with van der Waals surface area (Å²) < 4.78 is 5.35. The van der Waals surface area contributed by atoms with Gasteiger partial charge in [0, 0.05) is 19.0 Å². The third kappa shape index (κ3) is 10.1. The summed E-state index contributed by atoms with van der Waals surface area (Å²) in [5.41, 5.74) is 12.9. The second-order valence-electron chi connectivity index (χ2n) is 13.3. The average molecular weight is 626 g/mol. The van der Waals surface area contributed by atoms with Gasteiger partial charge in [-0.05, 0) is 127 Å². The molecule has 0 N–H and O–H groups in total. The molecule has 47 heavy (non-hydrogen) atoms. The van der Waals surface area contributed by atoms with Gasteiger partial charge < -0.3 is 4.74 Å². The standard InChI is InChI=1S/C45H55NO/c1-5-35(2)42-28-29-44-43(34-42)22-14-23-45(44)46(31-12-11-15-36(3)47-4)32-30-41-21-10-9-20-40(41)27-26-39-19-13-18-38(33-39)25-24-37-16-7-6-8-17-37/h6-10,13,16-21,28-29,33-34,45H,2-3,5,11-12,14-15,22-27,30-32H2,1,4H3. The van der Waals surface area contributed by atoms with Crippen molar-refractivity contribution < 1.29 is 4.74 Å². The first-order valence-corrected chi connectivity index (χ1v) is 18.0. The van der Waals surface area contributed by atoms with Gasteiger partial charge in [-0.1, -0.05) is 117 Å². The summed E-state index contributed by atoms with van der Waals surface area (Å²) >= 11 is 0. The molecule has 0 spiro atoms. The van der Waals surface area contributed by atoms with E-state index in [9.17, 15) is 0 Å². The van der Waals surface area contributed by atoms with Gasteiger partial charge in [0.2, 0.25) is 0 Å². The first-order valence-electron chi connectivity index (χ1n) is 18.0. The zero-order valence-corrected chi connectivity index (χ0v) is 29.0. The fourth-order valence-corrected chi connectivity index (χ4v) is 7.22. The lowest BCUT2D eigenvalue weighted by atomic mass is 9.84. The van der Waals surface area contributed by atoms with E-state index < -0.39 is 0 Å². The molecule has 4 aromatic rings. The Kier molecular flexibility index (Phi) is 13.1. The Labute approximate surface area is 285 Å². The summed E-state index contributed by atoms with van der Waals surface area (Å²) in [6, 6.07) is 36.9. The number of aryl methyl sites for hydroxylation is 5. The summed E-state index contributed by atoms with van der Waals surface area (Å²) in [6.45, 7) is 12.7. The van der Waals surface area contributed by atoms with Gasteiger partial charge in [0.25, 0.3) is 0 Å². The quantitative estimate of drug-likeness (QED) is 0.0806. The molecule has 0 bridgehead atoms. The molecular weight excluding hydrogens is 571 g/mol. The number of methoxy groups -OCH3 is 1. The lowest BCUT2D eigenvalue weighted by Gasteiger charge is -2.36. The van der Waals surface area contributed by atoms with Gasteiger partial charge in [-0.2, -0.15) is 0 Å². The Hall–Kier alpha value is -3.88. The van der Waals surface area contributed by atoms with Gasteiger partial charge in [0.15, 0.2) is 0 Å². The van der Waals surface area contributed by atoms with Gasteiger partial charge in [0.1, 0.15) is 0 Å². The Morgan fingerprint density at radius 1 is 0.723 bits per heavy atom. The highest BCUT2D eigenvalue weighted by molar-refractivity contribution is 5.64. The molecule has 0 aliphatic heterocycles. The monoisotopic (exact) mass is 625 g/mol. The van der Waals surface area contributed by atoms with Gasteiger partial charge >= 0.3 is 0 Å². The molecule has 1 aliphatic carbocycles. The van der Waals surface area contributed by atoms with Crippen molar-refractivity contribution in [2.75, 3.05) is 20.2 Å². The normalized spacial score (nSPS) is 14.1. The maximum Gasteiger partial charge on any atom is 0.0883 e. The lowest BCUT2D eigenvalue weighted by molar-refractivity contribution is 0.175. The summed E-state index contributed by atoms with van der Waals surface area (Å²) in [4.78, 5) is 2.79.